The average Bonchev–Trinajstić information content (AvgIpc) is 1.61. The van der Waals surface area contributed by atoms with E-state index in [4.69, 9.17) is 56.6 Å². The van der Waals surface area contributed by atoms with Crippen LogP contribution in [0.1, 0.15) is 135 Å². The Morgan fingerprint density at radius 3 is 1.30 bits per heavy atom. The van der Waals surface area contributed by atoms with Crippen molar-refractivity contribution in [3.05, 3.63) is 347 Å². The summed E-state index contributed by atoms with van der Waals surface area (Å²) in [5.74, 6) is 28.6. The van der Waals surface area contributed by atoms with Gasteiger partial charge in [-0.2, -0.15) is 8.78 Å². The topological polar surface area (TPSA) is 371 Å². The minimum Gasteiger partial charge on any atom is -0.481 e. The Hall–Kier alpha value is -17.6. The number of nitrogens with zero attached hydrogens (tertiary/aromatic N) is 30. The Kier molecular flexibility index (Phi) is 25.8. The molecule has 1 atom stereocenters. The summed E-state index contributed by atoms with van der Waals surface area (Å²) in [5, 5.41) is 45.2. The molecule has 20 aromatic rings. The summed E-state index contributed by atoms with van der Waals surface area (Å²) >= 11 is 16.7. The summed E-state index contributed by atoms with van der Waals surface area (Å²) in [6.45, 7) is 6.62. The lowest BCUT2D eigenvalue weighted by atomic mass is 9.94. The van der Waals surface area contributed by atoms with Crippen LogP contribution in [-0.4, -0.2) is 197 Å². The van der Waals surface area contributed by atoms with Crippen LogP contribution in [0.2, 0.25) is 10.0 Å². The normalized spacial score (nSPS) is 13.3. The number of hydrogen-bond donors (Lipinski definition) is 0. The molecule has 147 heavy (non-hydrogen) atoms. The fourth-order valence-electron chi connectivity index (χ4n) is 17.4. The van der Waals surface area contributed by atoms with Gasteiger partial charge in [-0.05, 0) is 159 Å². The molecular formula is C103H78Cl2F2N30O7S3. The standard InChI is InChI=1S/C23H18F2N6O2.C22H17ClN6O.C21H18N6O2S.C19H14N6OS.C18H11ClN6OS/c1-14-3-7-18-16(9-14)22-29-28-20(12-33-23(24)25)30(22)11-19-17(27-13-31(18)19)6-4-15-5-8-21(32-2)26-10-15;1-22(14-5-3-2-4-6-14)12-30-21(26-22)20-19-10-16-11-25-27-29(16)18-9-15(23)7-8-17(18)28(19)13-24-20;1-13-4-7-17-15(8-13)20-25-24-19(11-28-2)26(20)10-18-16(23-12-27(17)18)6-5-14-9-22-21(29-3)30-14;1-12-3-6-16-18(7-12)25-13(9-22-23-25)8-17-15(21-11-24(16)17)5-4-14-10-20-19(26-2)27-14;1-26-18-20-9-13(27-18)3-4-14-16-7-12-8-22-23-25(12)17-6-11(19)2-5-15(17)24(16)10-21-14/h3,5,7-10,13,23H,11-12H2,1-2H3;2-9,11,13H,10,12H2,1H3;4,7-9,12H,10-11H2,1-3H3;3,6-7,9-11H,8H2,1-2H3;2,5-6,8-10H,7H2,1H3/t;22-;;;/m.1.../s1. The number of fused-ring (bicyclic) bond motifs is 25. The monoisotopic (exact) mass is 2050 g/mol. The number of aliphatic imine (C=N–C) groups is 1. The lowest BCUT2D eigenvalue weighted by molar-refractivity contribution is -0.139. The lowest BCUT2D eigenvalue weighted by Crippen LogP contribution is -2.20. The third-order valence-electron chi connectivity index (χ3n) is 24.5. The molecule has 728 valence electrons. The van der Waals surface area contributed by atoms with Gasteiger partial charge in [-0.3, -0.25) is 22.8 Å². The maximum atomic E-state index is 12.7. The Bertz CT molecular complexity index is 8600. The molecule has 0 spiro atoms. The van der Waals surface area contributed by atoms with Gasteiger partial charge >= 0.3 is 6.61 Å². The van der Waals surface area contributed by atoms with Gasteiger partial charge in [0.25, 0.3) is 15.6 Å². The number of pyridine rings is 1. The molecule has 26 rings (SSSR count). The first-order chi connectivity index (χ1) is 71.8. The molecule has 0 amide bonds. The number of thiazole rings is 3. The van der Waals surface area contributed by atoms with E-state index in [1.54, 1.807) is 113 Å². The van der Waals surface area contributed by atoms with Crippen molar-refractivity contribution in [3.63, 3.8) is 0 Å². The number of rotatable bonds is 11. The second-order valence-corrected chi connectivity index (χ2v) is 37.7. The van der Waals surface area contributed by atoms with Gasteiger partial charge in [0, 0.05) is 65.4 Å². The maximum absolute atomic E-state index is 12.7. The van der Waals surface area contributed by atoms with Crippen molar-refractivity contribution in [2.45, 2.75) is 85.4 Å². The van der Waals surface area contributed by atoms with Gasteiger partial charge in [0.2, 0.25) is 11.8 Å². The lowest BCUT2D eigenvalue weighted by Gasteiger charge is -2.18. The van der Waals surface area contributed by atoms with Gasteiger partial charge in [-0.1, -0.05) is 138 Å². The van der Waals surface area contributed by atoms with Crippen molar-refractivity contribution in [1.29, 1.82) is 0 Å². The molecule has 6 aliphatic heterocycles. The second kappa shape index (κ2) is 40.3. The maximum Gasteiger partial charge on any atom is 0.345 e. The first-order valence-corrected chi connectivity index (χ1v) is 48.5. The van der Waals surface area contributed by atoms with E-state index in [9.17, 15) is 8.78 Å². The van der Waals surface area contributed by atoms with E-state index >= 15 is 0 Å². The molecule has 20 heterocycles. The predicted octanol–water partition coefficient (Wildman–Crippen LogP) is 15.3. The predicted molar refractivity (Wildman–Crippen MR) is 540 cm³/mol. The van der Waals surface area contributed by atoms with Crippen LogP contribution in [0.15, 0.2) is 213 Å². The summed E-state index contributed by atoms with van der Waals surface area (Å²) in [6.07, 6.45) is 22.8. The molecule has 0 radical (unpaired) electrons. The Balaban J connectivity index is 0.000000105. The molecule has 0 aliphatic carbocycles. The van der Waals surface area contributed by atoms with Crippen LogP contribution in [-0.2, 0) is 65.3 Å². The minimum atomic E-state index is -2.90. The highest BCUT2D eigenvalue weighted by molar-refractivity contribution is 7.14. The van der Waals surface area contributed by atoms with Crippen molar-refractivity contribution < 1.29 is 41.9 Å². The number of hydrogen-bond acceptors (Lipinski definition) is 30. The van der Waals surface area contributed by atoms with E-state index in [-0.39, 0.29) is 6.61 Å². The SMILES string of the molecule is COCc1nnc2n1Cc1c(C#Cc3cnc(OC)s3)ncn1-c1ccc(C)cc1-2.COc1ccc(C#Cc2ncn3c2Cn2c(COC(F)F)nnc2-c2cc(C)ccc2-3)cn1.COc1ncc(C#Cc2ncn3c2Cc2cnnn2-c2cc(C)ccc2-3)s1.COc1ncc(C#Cc2ncn3c2Cc2cnnn2-c2cc(Cl)ccc2-3)s1.C[C@]1(c2ccccc2)COC(c2ncn3c2Cc2cnnn2-c2cc(Cl)ccc2-3)=N1. The van der Waals surface area contributed by atoms with E-state index in [0.717, 1.165) is 162 Å². The van der Waals surface area contributed by atoms with E-state index in [1.807, 2.05) is 117 Å². The van der Waals surface area contributed by atoms with Crippen molar-refractivity contribution in [1.82, 2.24) is 142 Å². The molecule has 0 N–H and O–H groups in total. The summed E-state index contributed by atoms with van der Waals surface area (Å²) in [6, 6.07) is 43.6. The summed E-state index contributed by atoms with van der Waals surface area (Å²) < 4.78 is 81.2. The van der Waals surface area contributed by atoms with Crippen LogP contribution in [0.5, 0.6) is 21.5 Å². The van der Waals surface area contributed by atoms with Crippen LogP contribution in [0.4, 0.5) is 8.78 Å². The fourth-order valence-corrected chi connectivity index (χ4v) is 19.5. The molecule has 14 aromatic heterocycles. The van der Waals surface area contributed by atoms with Crippen molar-refractivity contribution in [2.24, 2.45) is 4.99 Å². The van der Waals surface area contributed by atoms with Gasteiger partial charge in [-0.25, -0.2) is 63.9 Å². The van der Waals surface area contributed by atoms with Crippen molar-refractivity contribution >= 4 is 63.1 Å². The molecule has 6 aliphatic rings. The smallest absolute Gasteiger partial charge is 0.345 e. The number of ether oxygens (including phenoxy) is 7. The zero-order valence-electron chi connectivity index (χ0n) is 79.4. The first-order valence-electron chi connectivity index (χ1n) is 45.3. The third kappa shape index (κ3) is 18.8. The minimum absolute atomic E-state index is 0.295. The number of aryl methyl sites for hydroxylation is 3. The van der Waals surface area contributed by atoms with E-state index < -0.39 is 12.2 Å². The van der Waals surface area contributed by atoms with E-state index in [1.165, 1.54) is 34.0 Å². The van der Waals surface area contributed by atoms with Gasteiger partial charge in [0.1, 0.15) is 100 Å². The largest absolute Gasteiger partial charge is 0.481 e. The molecule has 0 unspecified atom stereocenters. The van der Waals surface area contributed by atoms with Gasteiger partial charge in [0.05, 0.1) is 170 Å². The first kappa shape index (κ1) is 94.3. The van der Waals surface area contributed by atoms with E-state index in [2.05, 4.69) is 236 Å². The number of benzene rings is 6. The van der Waals surface area contributed by atoms with Crippen LogP contribution < -0.4 is 18.9 Å². The van der Waals surface area contributed by atoms with Crippen LogP contribution in [0.25, 0.3) is 68.3 Å². The van der Waals surface area contributed by atoms with Crippen LogP contribution in [0.3, 0.4) is 0 Å². The second-order valence-electron chi connectivity index (χ2n) is 33.9. The Morgan fingerprint density at radius 1 is 0.415 bits per heavy atom. The van der Waals surface area contributed by atoms with Crippen LogP contribution in [0, 0.1) is 68.1 Å². The highest BCUT2D eigenvalue weighted by Gasteiger charge is 2.38. The Morgan fingerprint density at radius 2 is 0.844 bits per heavy atom. The summed E-state index contributed by atoms with van der Waals surface area (Å²) in [4.78, 5) is 46.9. The number of aromatic nitrogens is 29. The zero-order chi connectivity index (χ0) is 101. The zero-order valence-corrected chi connectivity index (χ0v) is 83.3. The quantitative estimate of drug-likeness (QED) is 0.109. The fraction of sp³-hybridized carbons (Fsp3) is 0.184. The third-order valence-corrected chi connectivity index (χ3v) is 27.6. The summed E-state index contributed by atoms with van der Waals surface area (Å²) in [7, 11) is 7.99. The number of alkyl halides is 2. The molecule has 44 heteroatoms. The van der Waals surface area contributed by atoms with Gasteiger partial charge in [0.15, 0.2) is 23.3 Å². The Labute approximate surface area is 857 Å². The highest BCUT2D eigenvalue weighted by atomic mass is 35.5. The number of halogens is 4. The average molecular weight is 2050 g/mol. The van der Waals surface area contributed by atoms with Crippen molar-refractivity contribution in [3.8, 4) is 137 Å². The molecule has 37 nitrogen and oxygen atoms in total. The molecule has 6 aromatic carbocycles. The van der Waals surface area contributed by atoms with Gasteiger partial charge < -0.3 is 42.3 Å². The molecule has 0 saturated carbocycles. The van der Waals surface area contributed by atoms with Crippen LogP contribution >= 0.6 is 57.2 Å². The molecule has 0 fully saturated rings. The highest BCUT2D eigenvalue weighted by Crippen LogP contribution is 2.41. The molecular weight excluding hydrogens is 1970 g/mol. The molecule has 0 bridgehead atoms. The number of methoxy groups -OCH3 is 5. The van der Waals surface area contributed by atoms with Crippen molar-refractivity contribution in [2.75, 3.05) is 42.2 Å². The summed E-state index contributed by atoms with van der Waals surface area (Å²) in [5.41, 5.74) is 25.1. The molecule has 0 saturated heterocycles. The van der Waals surface area contributed by atoms with Gasteiger partial charge in [-0.15, -0.1) is 35.7 Å². The van der Waals surface area contributed by atoms with E-state index in [0.29, 0.717) is 117 Å². The number of imidazole rings is 5.